The number of esters is 1. The van der Waals surface area contributed by atoms with Crippen LogP contribution in [0.1, 0.15) is 44.8 Å². The molecule has 1 heterocycles. The standard InChI is InChI=1S/C26H21BrN4O5S/c1-35-18-9-6-15(7-10-18)26(34)36-21-11-8-17(27)12-16(21)14-29-31-24(33)23(32)30-25-20(13-28)19-4-2-3-5-22(19)37-25/h6-12,14H,2-5H2,1H3,(H,30,32)(H,31,33)/b29-14-. The molecule has 1 aliphatic carbocycles. The first-order valence-corrected chi connectivity index (χ1v) is 12.9. The van der Waals surface area contributed by atoms with Crippen molar-refractivity contribution in [2.24, 2.45) is 5.10 Å². The first-order chi connectivity index (χ1) is 17.9. The van der Waals surface area contributed by atoms with Crippen molar-refractivity contribution in [1.82, 2.24) is 5.43 Å². The van der Waals surface area contributed by atoms with E-state index in [0.29, 0.717) is 31.9 Å². The van der Waals surface area contributed by atoms with E-state index in [2.05, 4.69) is 37.8 Å². The van der Waals surface area contributed by atoms with Crippen molar-refractivity contribution in [1.29, 1.82) is 5.26 Å². The minimum absolute atomic E-state index is 0.203. The predicted molar refractivity (Wildman–Crippen MR) is 142 cm³/mol. The maximum atomic E-state index is 12.6. The highest BCUT2D eigenvalue weighted by Gasteiger charge is 2.23. The van der Waals surface area contributed by atoms with E-state index < -0.39 is 17.8 Å². The Hall–Kier alpha value is -4.01. The summed E-state index contributed by atoms with van der Waals surface area (Å²) in [5, 5.41) is 16.3. The molecule has 37 heavy (non-hydrogen) atoms. The number of thiophene rings is 1. The van der Waals surface area contributed by atoms with Gasteiger partial charge < -0.3 is 14.8 Å². The highest BCUT2D eigenvalue weighted by Crippen LogP contribution is 2.37. The number of rotatable bonds is 6. The number of aryl methyl sites for hydroxylation is 1. The topological polar surface area (TPSA) is 130 Å². The summed E-state index contributed by atoms with van der Waals surface area (Å²) in [6.07, 6.45) is 4.94. The molecule has 0 bridgehead atoms. The highest BCUT2D eigenvalue weighted by molar-refractivity contribution is 9.10. The van der Waals surface area contributed by atoms with Gasteiger partial charge in [-0.15, -0.1) is 11.3 Å². The lowest BCUT2D eigenvalue weighted by atomic mass is 9.96. The van der Waals surface area contributed by atoms with Gasteiger partial charge in [-0.25, -0.2) is 10.2 Å². The van der Waals surface area contributed by atoms with Crippen molar-refractivity contribution in [3.8, 4) is 17.6 Å². The fraction of sp³-hybridized carbons (Fsp3) is 0.192. The van der Waals surface area contributed by atoms with Crippen molar-refractivity contribution < 1.29 is 23.9 Å². The van der Waals surface area contributed by atoms with Crippen LogP contribution in [0, 0.1) is 11.3 Å². The summed E-state index contributed by atoms with van der Waals surface area (Å²) in [6, 6.07) is 13.5. The second kappa shape index (κ2) is 11.8. The maximum Gasteiger partial charge on any atom is 0.343 e. The molecule has 0 fully saturated rings. The molecule has 2 aromatic carbocycles. The fourth-order valence-corrected chi connectivity index (χ4v) is 5.36. The van der Waals surface area contributed by atoms with Crippen LogP contribution in [0.2, 0.25) is 0 Å². The van der Waals surface area contributed by atoms with E-state index in [9.17, 15) is 19.6 Å². The zero-order valence-electron chi connectivity index (χ0n) is 19.7. The molecule has 1 aliphatic rings. The second-order valence-corrected chi connectivity index (χ2v) is 10.0. The number of methoxy groups -OCH3 is 1. The lowest BCUT2D eigenvalue weighted by molar-refractivity contribution is -0.136. The summed E-state index contributed by atoms with van der Waals surface area (Å²) in [5.41, 5.74) is 4.25. The third-order valence-corrected chi connectivity index (χ3v) is 7.29. The van der Waals surface area contributed by atoms with Crippen LogP contribution in [-0.4, -0.2) is 31.1 Å². The lowest BCUT2D eigenvalue weighted by Crippen LogP contribution is -2.32. The second-order valence-electron chi connectivity index (χ2n) is 7.98. The Labute approximate surface area is 225 Å². The average Bonchev–Trinajstić information content (AvgIpc) is 3.26. The SMILES string of the molecule is COc1ccc(C(=O)Oc2ccc(Br)cc2/C=N\NC(=O)C(=O)Nc2sc3c(c2C#N)CCCC3)cc1. The van der Waals surface area contributed by atoms with E-state index in [1.54, 1.807) is 42.5 Å². The van der Waals surface area contributed by atoms with Crippen molar-refractivity contribution in [3.05, 3.63) is 74.1 Å². The van der Waals surface area contributed by atoms with E-state index in [1.165, 1.54) is 24.7 Å². The molecule has 3 aromatic rings. The van der Waals surface area contributed by atoms with Gasteiger partial charge in [0.25, 0.3) is 0 Å². The summed E-state index contributed by atoms with van der Waals surface area (Å²) >= 11 is 4.68. The molecule has 11 heteroatoms. The fourth-order valence-electron chi connectivity index (χ4n) is 3.74. The minimum atomic E-state index is -1.00. The van der Waals surface area contributed by atoms with Crippen LogP contribution < -0.4 is 20.2 Å². The quantitative estimate of drug-likeness (QED) is 0.144. The number of carbonyl (C=O) groups is 3. The largest absolute Gasteiger partial charge is 0.497 e. The summed E-state index contributed by atoms with van der Waals surface area (Å²) in [5.74, 6) is -1.72. The molecule has 0 radical (unpaired) electrons. The number of carbonyl (C=O) groups excluding carboxylic acids is 3. The molecular weight excluding hydrogens is 560 g/mol. The van der Waals surface area contributed by atoms with Gasteiger partial charge in [-0.1, -0.05) is 15.9 Å². The highest BCUT2D eigenvalue weighted by atomic mass is 79.9. The summed E-state index contributed by atoms with van der Waals surface area (Å²) in [4.78, 5) is 38.4. The Morgan fingerprint density at radius 2 is 1.86 bits per heavy atom. The molecule has 0 aliphatic heterocycles. The third-order valence-electron chi connectivity index (χ3n) is 5.59. The number of hydrazone groups is 1. The van der Waals surface area contributed by atoms with E-state index in [-0.39, 0.29) is 5.75 Å². The molecule has 0 unspecified atom stereocenters. The summed E-state index contributed by atoms with van der Waals surface area (Å²) in [7, 11) is 1.53. The molecule has 2 amide bonds. The van der Waals surface area contributed by atoms with Gasteiger partial charge in [0.1, 0.15) is 22.6 Å². The number of anilines is 1. The van der Waals surface area contributed by atoms with Crippen LogP contribution in [-0.2, 0) is 22.4 Å². The monoisotopic (exact) mass is 580 g/mol. The Kier molecular flexibility index (Phi) is 8.32. The van der Waals surface area contributed by atoms with Crippen molar-refractivity contribution >= 4 is 56.3 Å². The number of amides is 2. The molecular formula is C26H21BrN4O5S. The molecule has 0 spiro atoms. The van der Waals surface area contributed by atoms with Crippen LogP contribution in [0.5, 0.6) is 11.5 Å². The third kappa shape index (κ3) is 6.22. The van der Waals surface area contributed by atoms with Gasteiger partial charge >= 0.3 is 17.8 Å². The van der Waals surface area contributed by atoms with Gasteiger partial charge in [0.15, 0.2) is 0 Å². The van der Waals surface area contributed by atoms with Gasteiger partial charge in [0.05, 0.1) is 24.5 Å². The van der Waals surface area contributed by atoms with Crippen LogP contribution in [0.25, 0.3) is 0 Å². The lowest BCUT2D eigenvalue weighted by Gasteiger charge is -2.09. The number of nitriles is 1. The van der Waals surface area contributed by atoms with Crippen LogP contribution in [0.4, 0.5) is 5.00 Å². The zero-order chi connectivity index (χ0) is 26.4. The van der Waals surface area contributed by atoms with Crippen molar-refractivity contribution in [2.45, 2.75) is 25.7 Å². The molecule has 188 valence electrons. The van der Waals surface area contributed by atoms with Gasteiger partial charge in [-0.3, -0.25) is 9.59 Å². The van der Waals surface area contributed by atoms with E-state index in [4.69, 9.17) is 9.47 Å². The number of benzene rings is 2. The number of hydrogen-bond donors (Lipinski definition) is 2. The predicted octanol–water partition coefficient (Wildman–Crippen LogP) is 4.58. The number of ether oxygens (including phenoxy) is 2. The minimum Gasteiger partial charge on any atom is -0.497 e. The normalized spacial score (nSPS) is 12.4. The molecule has 0 saturated heterocycles. The number of fused-ring (bicyclic) bond motifs is 1. The number of nitrogens with zero attached hydrogens (tertiary/aromatic N) is 2. The van der Waals surface area contributed by atoms with Crippen LogP contribution in [0.3, 0.4) is 0 Å². The Morgan fingerprint density at radius 3 is 2.59 bits per heavy atom. The average molecular weight is 581 g/mol. The van der Waals surface area contributed by atoms with Gasteiger partial charge in [0, 0.05) is 14.9 Å². The first kappa shape index (κ1) is 26.1. The molecule has 4 rings (SSSR count). The Balaban J connectivity index is 1.41. The summed E-state index contributed by atoms with van der Waals surface area (Å²) < 4.78 is 11.3. The molecule has 0 saturated carbocycles. The summed E-state index contributed by atoms with van der Waals surface area (Å²) in [6.45, 7) is 0. The molecule has 2 N–H and O–H groups in total. The van der Waals surface area contributed by atoms with Crippen molar-refractivity contribution in [3.63, 3.8) is 0 Å². The smallest absolute Gasteiger partial charge is 0.343 e. The molecule has 1 aromatic heterocycles. The maximum absolute atomic E-state index is 12.6. The Bertz CT molecular complexity index is 1430. The van der Waals surface area contributed by atoms with Gasteiger partial charge in [0.2, 0.25) is 0 Å². The number of hydrogen-bond acceptors (Lipinski definition) is 8. The van der Waals surface area contributed by atoms with Crippen LogP contribution >= 0.6 is 27.3 Å². The van der Waals surface area contributed by atoms with E-state index in [1.807, 2.05) is 0 Å². The first-order valence-electron chi connectivity index (χ1n) is 11.2. The van der Waals surface area contributed by atoms with E-state index in [0.717, 1.165) is 36.1 Å². The number of halogens is 1. The van der Waals surface area contributed by atoms with E-state index >= 15 is 0 Å². The Morgan fingerprint density at radius 1 is 1.11 bits per heavy atom. The molecule has 0 atom stereocenters. The van der Waals surface area contributed by atoms with Crippen LogP contribution in [0.15, 0.2) is 52.0 Å². The van der Waals surface area contributed by atoms with Crippen molar-refractivity contribution in [2.75, 3.05) is 12.4 Å². The van der Waals surface area contributed by atoms with Gasteiger partial charge in [-0.2, -0.15) is 10.4 Å². The van der Waals surface area contributed by atoms with Gasteiger partial charge in [-0.05, 0) is 73.7 Å². The zero-order valence-corrected chi connectivity index (χ0v) is 22.1. The molecule has 9 nitrogen and oxygen atoms in total. The number of nitrogens with one attached hydrogen (secondary N) is 2.